The van der Waals surface area contributed by atoms with Gasteiger partial charge in [0.25, 0.3) is 0 Å². The van der Waals surface area contributed by atoms with Gasteiger partial charge in [0.05, 0.1) is 17.2 Å². The molecule has 0 saturated heterocycles. The zero-order valence-corrected chi connectivity index (χ0v) is 17.3. The molecule has 0 radical (unpaired) electrons. The van der Waals surface area contributed by atoms with Gasteiger partial charge in [-0.3, -0.25) is 4.98 Å². The molecule has 0 unspecified atom stereocenters. The highest BCUT2D eigenvalue weighted by atomic mass is 32.2. The Labute approximate surface area is 172 Å². The molecule has 2 aromatic heterocycles. The third-order valence-corrected chi connectivity index (χ3v) is 5.97. The smallest absolute Gasteiger partial charge is 0.392 e. The van der Waals surface area contributed by atoms with E-state index in [1.165, 1.54) is 23.9 Å². The van der Waals surface area contributed by atoms with Gasteiger partial charge < -0.3 is 9.67 Å². The maximum atomic E-state index is 13.2. The average molecular weight is 421 g/mol. The van der Waals surface area contributed by atoms with Crippen molar-refractivity contribution in [3.05, 3.63) is 76.7 Å². The van der Waals surface area contributed by atoms with E-state index in [1.54, 1.807) is 18.5 Å². The molecule has 0 aliphatic rings. The molecule has 3 aromatic rings. The molecule has 7 heteroatoms. The van der Waals surface area contributed by atoms with Crippen LogP contribution < -0.4 is 0 Å². The van der Waals surface area contributed by atoms with Crippen LogP contribution in [0.3, 0.4) is 0 Å². The summed E-state index contributed by atoms with van der Waals surface area (Å²) in [5.41, 5.74) is 3.09. The lowest BCUT2D eigenvalue weighted by Crippen LogP contribution is -2.05. The Balaban J connectivity index is 2.11. The highest BCUT2D eigenvalue weighted by Gasteiger charge is 2.31. The zero-order valence-electron chi connectivity index (χ0n) is 16.5. The first-order valence-corrected chi connectivity index (χ1v) is 10.1. The van der Waals surface area contributed by atoms with Gasteiger partial charge in [0.1, 0.15) is 0 Å². The second-order valence-electron chi connectivity index (χ2n) is 7.16. The van der Waals surface area contributed by atoms with E-state index in [0.29, 0.717) is 11.4 Å². The number of rotatable bonds is 6. The topological polar surface area (TPSA) is 38.0 Å². The molecule has 2 heterocycles. The molecule has 154 valence electrons. The number of nitrogens with zero attached hydrogens (tertiary/aromatic N) is 2. The van der Waals surface area contributed by atoms with Crippen molar-refractivity contribution in [3.63, 3.8) is 0 Å². The summed E-state index contributed by atoms with van der Waals surface area (Å²) in [6.07, 6.45) is -0.961. The predicted molar refractivity (Wildman–Crippen MR) is 108 cm³/mol. The van der Waals surface area contributed by atoms with Crippen LogP contribution in [-0.2, 0) is 19.3 Å². The fraction of sp³-hybridized carbons (Fsp3) is 0.318. The van der Waals surface area contributed by atoms with Crippen LogP contribution in [-0.4, -0.2) is 14.7 Å². The van der Waals surface area contributed by atoms with Crippen LogP contribution in [0, 0.1) is 6.92 Å². The van der Waals surface area contributed by atoms with Crippen molar-refractivity contribution in [2.24, 2.45) is 0 Å². The van der Waals surface area contributed by atoms with Gasteiger partial charge in [0.2, 0.25) is 0 Å². The Morgan fingerprint density at radius 1 is 1.14 bits per heavy atom. The van der Waals surface area contributed by atoms with E-state index in [2.05, 4.69) is 9.55 Å². The summed E-state index contributed by atoms with van der Waals surface area (Å²) in [6, 6.07) is 9.18. The van der Waals surface area contributed by atoms with Gasteiger partial charge >= 0.3 is 6.18 Å². The van der Waals surface area contributed by atoms with Crippen LogP contribution in [0.5, 0.6) is 0 Å². The summed E-state index contributed by atoms with van der Waals surface area (Å²) >= 11 is 1.31. The van der Waals surface area contributed by atoms with Crippen molar-refractivity contribution in [1.82, 2.24) is 9.55 Å². The maximum absolute atomic E-state index is 13.2. The number of aliphatic hydroxyl groups is 1. The summed E-state index contributed by atoms with van der Waals surface area (Å²) in [6.45, 7) is 6.44. The third-order valence-electron chi connectivity index (χ3n) is 4.84. The minimum atomic E-state index is -4.39. The van der Waals surface area contributed by atoms with Crippen LogP contribution in [0.15, 0.2) is 58.7 Å². The summed E-state index contributed by atoms with van der Waals surface area (Å²) in [5, 5.41) is 10.8. The second-order valence-corrected chi connectivity index (χ2v) is 8.23. The number of aliphatic hydroxyl groups excluding tert-OH is 1. The molecule has 0 aliphatic carbocycles. The molecule has 0 spiro atoms. The fourth-order valence-corrected chi connectivity index (χ4v) is 4.73. The lowest BCUT2D eigenvalue weighted by molar-refractivity contribution is -0.137. The number of alkyl halides is 3. The summed E-state index contributed by atoms with van der Waals surface area (Å²) in [5.74, 6) is 0.114. The standard InChI is InChI=1S/C22H23F3N2OS/c1-14(2)20-19(13-28)15(3)27(12-16-7-9-26-10-8-16)21(20)29-18-6-4-5-17(11-18)22(23,24)25/h4-11,14,28H,12-13H2,1-3H3. The molecular formula is C22H23F3N2OS. The van der Waals surface area contributed by atoms with E-state index in [4.69, 9.17) is 0 Å². The first kappa shape index (κ1) is 21.5. The van der Waals surface area contributed by atoms with Crippen LogP contribution in [0.4, 0.5) is 13.2 Å². The van der Waals surface area contributed by atoms with E-state index < -0.39 is 11.7 Å². The van der Waals surface area contributed by atoms with Crippen molar-refractivity contribution in [1.29, 1.82) is 0 Å². The monoisotopic (exact) mass is 420 g/mol. The molecule has 1 N–H and O–H groups in total. The minimum absolute atomic E-state index is 0.112. The van der Waals surface area contributed by atoms with Crippen LogP contribution >= 0.6 is 11.8 Å². The number of aromatic nitrogens is 2. The molecule has 0 aliphatic heterocycles. The Hall–Kier alpha value is -2.25. The molecule has 0 amide bonds. The first-order valence-electron chi connectivity index (χ1n) is 9.29. The Morgan fingerprint density at radius 2 is 1.83 bits per heavy atom. The van der Waals surface area contributed by atoms with Gasteiger partial charge in [-0.25, -0.2) is 0 Å². The maximum Gasteiger partial charge on any atom is 0.416 e. The molecule has 3 rings (SSSR count). The number of benzene rings is 1. The lowest BCUT2D eigenvalue weighted by Gasteiger charge is -2.15. The van der Waals surface area contributed by atoms with Gasteiger partial charge in [0.15, 0.2) is 0 Å². The molecule has 29 heavy (non-hydrogen) atoms. The van der Waals surface area contributed by atoms with Crippen molar-refractivity contribution in [2.45, 2.75) is 55.9 Å². The van der Waals surface area contributed by atoms with E-state index in [-0.39, 0.29) is 12.5 Å². The normalized spacial score (nSPS) is 12.0. The quantitative estimate of drug-likeness (QED) is 0.529. The largest absolute Gasteiger partial charge is 0.416 e. The molecule has 0 bridgehead atoms. The van der Waals surface area contributed by atoms with E-state index in [9.17, 15) is 18.3 Å². The van der Waals surface area contributed by atoms with E-state index in [0.717, 1.165) is 33.5 Å². The highest BCUT2D eigenvalue weighted by Crippen LogP contribution is 2.41. The number of hydrogen-bond donors (Lipinski definition) is 1. The number of pyridine rings is 1. The van der Waals surface area contributed by atoms with Crippen LogP contribution in [0.25, 0.3) is 0 Å². The average Bonchev–Trinajstić information content (AvgIpc) is 2.93. The Bertz CT molecular complexity index is 982. The van der Waals surface area contributed by atoms with Crippen molar-refractivity contribution in [3.8, 4) is 0 Å². The van der Waals surface area contributed by atoms with E-state index >= 15 is 0 Å². The van der Waals surface area contributed by atoms with Crippen LogP contribution in [0.2, 0.25) is 0 Å². The third kappa shape index (κ3) is 4.67. The molecule has 0 atom stereocenters. The summed E-state index contributed by atoms with van der Waals surface area (Å²) in [7, 11) is 0. The lowest BCUT2D eigenvalue weighted by atomic mass is 10.0. The zero-order chi connectivity index (χ0) is 21.2. The molecule has 1 aromatic carbocycles. The Kier molecular flexibility index (Phi) is 6.39. The van der Waals surface area contributed by atoms with Gasteiger partial charge in [0, 0.05) is 35.1 Å². The van der Waals surface area contributed by atoms with E-state index in [1.807, 2.05) is 32.9 Å². The SMILES string of the molecule is Cc1c(CO)c(C(C)C)c(Sc2cccc(C(F)(F)F)c2)n1Cc1ccncc1. The molecule has 3 nitrogen and oxygen atoms in total. The second kappa shape index (κ2) is 8.63. The van der Waals surface area contributed by atoms with Crippen molar-refractivity contribution < 1.29 is 18.3 Å². The molecular weight excluding hydrogens is 397 g/mol. The summed E-state index contributed by atoms with van der Waals surface area (Å²) < 4.78 is 41.5. The first-order chi connectivity index (χ1) is 13.7. The minimum Gasteiger partial charge on any atom is -0.392 e. The highest BCUT2D eigenvalue weighted by molar-refractivity contribution is 7.99. The van der Waals surface area contributed by atoms with Gasteiger partial charge in [-0.15, -0.1) is 0 Å². The van der Waals surface area contributed by atoms with Gasteiger partial charge in [-0.1, -0.05) is 31.7 Å². The van der Waals surface area contributed by atoms with Gasteiger partial charge in [-0.05, 0) is 54.3 Å². The van der Waals surface area contributed by atoms with Crippen molar-refractivity contribution in [2.75, 3.05) is 0 Å². The van der Waals surface area contributed by atoms with Gasteiger partial charge in [-0.2, -0.15) is 13.2 Å². The number of halogens is 3. The Morgan fingerprint density at radius 3 is 2.41 bits per heavy atom. The predicted octanol–water partition coefficient (Wildman–Crippen LogP) is 6.03. The van der Waals surface area contributed by atoms with Crippen LogP contribution in [0.1, 0.15) is 47.7 Å². The summed E-state index contributed by atoms with van der Waals surface area (Å²) in [4.78, 5) is 4.55. The van der Waals surface area contributed by atoms with Crippen molar-refractivity contribution >= 4 is 11.8 Å². The molecule has 0 fully saturated rings. The molecule has 0 saturated carbocycles. The number of hydrogen-bond acceptors (Lipinski definition) is 3. The fourth-order valence-electron chi connectivity index (χ4n) is 3.40.